The van der Waals surface area contributed by atoms with Gasteiger partial charge in [0.25, 0.3) is 11.8 Å². The highest BCUT2D eigenvalue weighted by molar-refractivity contribution is 6.30. The molecule has 0 aliphatic carbocycles. The largest absolute Gasteiger partial charge is 0.362 e. The van der Waals surface area contributed by atoms with Gasteiger partial charge in [-0.15, -0.1) is 0 Å². The molecule has 4 rings (SSSR count). The van der Waals surface area contributed by atoms with E-state index in [-0.39, 0.29) is 0 Å². The van der Waals surface area contributed by atoms with E-state index in [0.717, 1.165) is 0 Å². The van der Waals surface area contributed by atoms with Gasteiger partial charge in [0.05, 0.1) is 0 Å². The molecular weight excluding hydrogens is 472 g/mol. The first-order valence-electron chi connectivity index (χ1n) is 10.8. The van der Waals surface area contributed by atoms with Gasteiger partial charge in [0.1, 0.15) is 11.6 Å². The minimum Gasteiger partial charge on any atom is -0.362 e. The van der Waals surface area contributed by atoms with Crippen molar-refractivity contribution in [2.45, 2.75) is 19.8 Å². The predicted octanol–water partition coefficient (Wildman–Crippen LogP) is 6.13. The smallest absolute Gasteiger partial charge is 0.254 e. The van der Waals surface area contributed by atoms with E-state index in [1.165, 1.54) is 48.5 Å². The van der Waals surface area contributed by atoms with E-state index in [1.807, 2.05) is 0 Å². The third-order valence-corrected chi connectivity index (χ3v) is 5.91. The number of carbonyl (C=O) groups excluding carboxylic acids is 2. The van der Waals surface area contributed by atoms with Crippen LogP contribution in [-0.2, 0) is 9.59 Å². The number of anilines is 2. The first-order chi connectivity index (χ1) is 16.7. The highest BCUT2D eigenvalue weighted by atomic mass is 35.5. The van der Waals surface area contributed by atoms with Crippen LogP contribution in [0.3, 0.4) is 0 Å². The van der Waals surface area contributed by atoms with E-state index >= 15 is 0 Å². The molecule has 0 saturated carbocycles. The lowest BCUT2D eigenvalue weighted by Crippen LogP contribution is -2.35. The minimum atomic E-state index is -0.727. The number of nitrogens with one attached hydrogen (secondary N) is 3. The summed E-state index contributed by atoms with van der Waals surface area (Å²) >= 11 is 6.09. The first-order valence-corrected chi connectivity index (χ1v) is 11.2. The Morgan fingerprint density at radius 2 is 1.11 bits per heavy atom. The summed E-state index contributed by atoms with van der Waals surface area (Å²) in [6, 6.07) is 17.7. The molecule has 1 aliphatic heterocycles. The number of amides is 2. The summed E-state index contributed by atoms with van der Waals surface area (Å²) in [5.74, 6) is -2.46. The van der Waals surface area contributed by atoms with Crippen molar-refractivity contribution in [3.8, 4) is 0 Å². The molecule has 0 aromatic heterocycles. The van der Waals surface area contributed by atoms with E-state index in [0.29, 0.717) is 44.5 Å². The van der Waals surface area contributed by atoms with Crippen molar-refractivity contribution in [3.05, 3.63) is 118 Å². The van der Waals surface area contributed by atoms with Gasteiger partial charge in [0.15, 0.2) is 0 Å². The van der Waals surface area contributed by atoms with Crippen molar-refractivity contribution in [3.63, 3.8) is 0 Å². The van der Waals surface area contributed by atoms with Crippen LogP contribution in [0.25, 0.3) is 0 Å². The molecule has 178 valence electrons. The molecule has 0 radical (unpaired) electrons. The average Bonchev–Trinajstić information content (AvgIpc) is 2.82. The number of hydrogen-bond donors (Lipinski definition) is 3. The van der Waals surface area contributed by atoms with E-state index in [1.54, 1.807) is 38.1 Å². The second-order valence-electron chi connectivity index (χ2n) is 8.11. The highest BCUT2D eigenvalue weighted by Gasteiger charge is 2.36. The zero-order valence-corrected chi connectivity index (χ0v) is 19.7. The molecule has 0 bridgehead atoms. The molecule has 0 atom stereocenters. The van der Waals surface area contributed by atoms with E-state index in [2.05, 4.69) is 16.0 Å². The van der Waals surface area contributed by atoms with Crippen LogP contribution in [0, 0.1) is 11.6 Å². The predicted molar refractivity (Wildman–Crippen MR) is 133 cm³/mol. The lowest BCUT2D eigenvalue weighted by molar-refractivity contribution is -0.113. The topological polar surface area (TPSA) is 70.2 Å². The normalized spacial score (nSPS) is 14.0. The van der Waals surface area contributed by atoms with Gasteiger partial charge < -0.3 is 16.0 Å². The van der Waals surface area contributed by atoms with Crippen LogP contribution < -0.4 is 16.0 Å². The molecular formula is C27H22ClF2N3O2. The van der Waals surface area contributed by atoms with Gasteiger partial charge in [-0.1, -0.05) is 23.7 Å². The zero-order valence-electron chi connectivity index (χ0n) is 19.0. The Morgan fingerprint density at radius 1 is 0.714 bits per heavy atom. The SMILES string of the molecule is CC1=C(C(=O)Nc2ccc(F)cc2)C(c2ccc(Cl)cc2)C(C(=O)Nc2ccc(F)cc2)=C(C)N1. The lowest BCUT2D eigenvalue weighted by atomic mass is 9.79. The summed E-state index contributed by atoms with van der Waals surface area (Å²) < 4.78 is 26.7. The fourth-order valence-corrected chi connectivity index (χ4v) is 4.17. The van der Waals surface area contributed by atoms with Crippen molar-refractivity contribution >= 4 is 34.8 Å². The molecule has 1 heterocycles. The van der Waals surface area contributed by atoms with Crippen molar-refractivity contribution in [1.82, 2.24) is 5.32 Å². The molecule has 2 amide bonds. The van der Waals surface area contributed by atoms with E-state index in [4.69, 9.17) is 11.6 Å². The summed E-state index contributed by atoms with van der Waals surface area (Å²) in [5, 5.41) is 9.22. The number of benzene rings is 3. The summed E-state index contributed by atoms with van der Waals surface area (Å²) in [7, 11) is 0. The zero-order chi connectivity index (χ0) is 25.1. The van der Waals surface area contributed by atoms with E-state index in [9.17, 15) is 18.4 Å². The number of hydrogen-bond acceptors (Lipinski definition) is 3. The molecule has 0 unspecified atom stereocenters. The summed E-state index contributed by atoms with van der Waals surface area (Å²) in [4.78, 5) is 26.9. The minimum absolute atomic E-state index is 0.325. The van der Waals surface area contributed by atoms with Crippen LogP contribution in [-0.4, -0.2) is 11.8 Å². The van der Waals surface area contributed by atoms with Gasteiger partial charge >= 0.3 is 0 Å². The standard InChI is InChI=1S/C27H22ClF2N3O2/c1-15-23(26(34)32-21-11-7-19(29)8-12-21)25(17-3-5-18(28)6-4-17)24(16(2)31-15)27(35)33-22-13-9-20(30)10-14-22/h3-14,25,31H,1-2H3,(H,32,34)(H,33,35). The van der Waals surface area contributed by atoms with Crippen LogP contribution in [0.5, 0.6) is 0 Å². The Kier molecular flexibility index (Phi) is 6.98. The fraction of sp³-hybridized carbons (Fsp3) is 0.111. The molecule has 3 aromatic carbocycles. The Morgan fingerprint density at radius 3 is 1.51 bits per heavy atom. The molecule has 0 spiro atoms. The third kappa shape index (κ3) is 5.41. The second-order valence-corrected chi connectivity index (χ2v) is 8.55. The molecule has 3 aromatic rings. The molecule has 3 N–H and O–H groups in total. The maximum atomic E-state index is 13.5. The first kappa shape index (κ1) is 24.2. The average molecular weight is 494 g/mol. The van der Waals surface area contributed by atoms with Crippen LogP contribution in [0.2, 0.25) is 5.02 Å². The summed E-state index contributed by atoms with van der Waals surface area (Å²) in [6.45, 7) is 3.50. The third-order valence-electron chi connectivity index (χ3n) is 5.66. The number of rotatable bonds is 5. The fourth-order valence-electron chi connectivity index (χ4n) is 4.05. The number of carbonyl (C=O) groups is 2. The van der Waals surface area contributed by atoms with Gasteiger partial charge in [-0.05, 0) is 80.1 Å². The molecule has 8 heteroatoms. The van der Waals surface area contributed by atoms with Gasteiger partial charge in [-0.2, -0.15) is 0 Å². The van der Waals surface area contributed by atoms with Crippen LogP contribution in [0.15, 0.2) is 95.3 Å². The number of halogens is 3. The second kappa shape index (κ2) is 10.1. The summed E-state index contributed by atoms with van der Waals surface area (Å²) in [6.07, 6.45) is 0. The van der Waals surface area contributed by atoms with Gasteiger partial charge in [0.2, 0.25) is 0 Å². The maximum Gasteiger partial charge on any atom is 0.254 e. The molecule has 5 nitrogen and oxygen atoms in total. The van der Waals surface area contributed by atoms with Crippen LogP contribution >= 0.6 is 11.6 Å². The lowest BCUT2D eigenvalue weighted by Gasteiger charge is -2.31. The Labute approximate surface area is 206 Å². The van der Waals surface area contributed by atoms with Crippen LogP contribution in [0.1, 0.15) is 25.3 Å². The van der Waals surface area contributed by atoms with Crippen molar-refractivity contribution in [1.29, 1.82) is 0 Å². The Hall–Kier alpha value is -3.97. The number of dihydropyridines is 1. The summed E-state index contributed by atoms with van der Waals surface area (Å²) in [5.41, 5.74) is 3.30. The van der Waals surface area contributed by atoms with Gasteiger partial charge in [-0.25, -0.2) is 8.78 Å². The van der Waals surface area contributed by atoms with Gasteiger partial charge in [-0.3, -0.25) is 9.59 Å². The van der Waals surface area contributed by atoms with Crippen molar-refractivity contribution in [2.75, 3.05) is 10.6 Å². The monoisotopic (exact) mass is 493 g/mol. The van der Waals surface area contributed by atoms with E-state index < -0.39 is 29.4 Å². The van der Waals surface area contributed by atoms with Crippen LogP contribution in [0.4, 0.5) is 20.2 Å². The number of allylic oxidation sites excluding steroid dienone is 2. The van der Waals surface area contributed by atoms with Crippen molar-refractivity contribution in [2.24, 2.45) is 0 Å². The molecule has 0 saturated heterocycles. The molecule has 1 aliphatic rings. The van der Waals surface area contributed by atoms with Crippen molar-refractivity contribution < 1.29 is 18.4 Å². The quantitative estimate of drug-likeness (QED) is 0.400. The molecule has 0 fully saturated rings. The van der Waals surface area contributed by atoms with Gasteiger partial charge in [0, 0.05) is 44.9 Å². The Balaban J connectivity index is 1.74. The highest BCUT2D eigenvalue weighted by Crippen LogP contribution is 2.39. The maximum absolute atomic E-state index is 13.5. The Bertz CT molecular complexity index is 1250. The molecule has 35 heavy (non-hydrogen) atoms.